The van der Waals surface area contributed by atoms with Crippen LogP contribution in [0.15, 0.2) is 18.2 Å². The molecule has 0 unspecified atom stereocenters. The Morgan fingerprint density at radius 2 is 2.14 bits per heavy atom. The number of nitrogens with zero attached hydrogens (tertiary/aromatic N) is 1. The van der Waals surface area contributed by atoms with Crippen LogP contribution in [0.5, 0.6) is 0 Å². The van der Waals surface area contributed by atoms with Crippen molar-refractivity contribution in [3.63, 3.8) is 0 Å². The van der Waals surface area contributed by atoms with Gasteiger partial charge in [-0.05, 0) is 43.5 Å². The smallest absolute Gasteiger partial charge is 0.319 e. The molecule has 5 nitrogen and oxygen atoms in total. The van der Waals surface area contributed by atoms with Gasteiger partial charge in [-0.3, -0.25) is 4.79 Å². The standard InChI is InChI=1S/C15H20FN3O2/c1-11-8-12(16)10-13(9-11)18-15(21)17-5-7-19-6-3-2-4-14(19)20/h8-10H,2-7H2,1H3,(H2,17,18,21). The lowest BCUT2D eigenvalue weighted by atomic mass is 10.1. The van der Waals surface area contributed by atoms with E-state index < -0.39 is 6.03 Å². The van der Waals surface area contributed by atoms with Gasteiger partial charge in [0.05, 0.1) is 0 Å². The van der Waals surface area contributed by atoms with Crippen molar-refractivity contribution in [1.29, 1.82) is 0 Å². The molecule has 1 aliphatic heterocycles. The molecule has 0 radical (unpaired) electrons. The number of carbonyl (C=O) groups is 2. The van der Waals surface area contributed by atoms with Crippen molar-refractivity contribution < 1.29 is 14.0 Å². The maximum atomic E-state index is 13.2. The zero-order chi connectivity index (χ0) is 15.2. The molecule has 114 valence electrons. The first kappa shape index (κ1) is 15.3. The summed E-state index contributed by atoms with van der Waals surface area (Å²) in [7, 11) is 0. The Balaban J connectivity index is 1.75. The van der Waals surface area contributed by atoms with Gasteiger partial charge in [0.1, 0.15) is 5.82 Å². The summed E-state index contributed by atoms with van der Waals surface area (Å²) < 4.78 is 13.2. The average Bonchev–Trinajstić information content (AvgIpc) is 2.39. The molecule has 1 aromatic carbocycles. The predicted octanol–water partition coefficient (Wildman–Crippen LogP) is 2.27. The second-order valence-electron chi connectivity index (χ2n) is 5.24. The maximum Gasteiger partial charge on any atom is 0.319 e. The third-order valence-corrected chi connectivity index (χ3v) is 3.39. The molecule has 2 rings (SSSR count). The Labute approximate surface area is 123 Å². The van der Waals surface area contributed by atoms with Crippen molar-refractivity contribution in [3.8, 4) is 0 Å². The third kappa shape index (κ3) is 4.73. The lowest BCUT2D eigenvalue weighted by Gasteiger charge is -2.26. The van der Waals surface area contributed by atoms with Gasteiger partial charge in [-0.25, -0.2) is 9.18 Å². The van der Waals surface area contributed by atoms with Gasteiger partial charge in [0.25, 0.3) is 0 Å². The summed E-state index contributed by atoms with van der Waals surface area (Å²) in [6.45, 7) is 3.40. The van der Waals surface area contributed by atoms with Gasteiger partial charge in [0.2, 0.25) is 5.91 Å². The average molecular weight is 293 g/mol. The van der Waals surface area contributed by atoms with Crippen LogP contribution >= 0.6 is 0 Å². The highest BCUT2D eigenvalue weighted by Gasteiger charge is 2.17. The van der Waals surface area contributed by atoms with E-state index in [-0.39, 0.29) is 11.7 Å². The molecule has 1 heterocycles. The van der Waals surface area contributed by atoms with Crippen molar-refractivity contribution in [3.05, 3.63) is 29.6 Å². The normalized spacial score (nSPS) is 15.0. The Morgan fingerprint density at radius 3 is 2.86 bits per heavy atom. The summed E-state index contributed by atoms with van der Waals surface area (Å²) in [6.07, 6.45) is 2.55. The number of piperidine rings is 1. The highest BCUT2D eigenvalue weighted by Crippen LogP contribution is 2.13. The second-order valence-corrected chi connectivity index (χ2v) is 5.24. The Hall–Kier alpha value is -2.11. The van der Waals surface area contributed by atoms with Gasteiger partial charge in [0.15, 0.2) is 0 Å². The first-order valence-electron chi connectivity index (χ1n) is 7.14. The van der Waals surface area contributed by atoms with E-state index in [1.807, 2.05) is 0 Å². The molecule has 6 heteroatoms. The molecule has 2 N–H and O–H groups in total. The van der Waals surface area contributed by atoms with Crippen molar-refractivity contribution >= 4 is 17.6 Å². The SMILES string of the molecule is Cc1cc(F)cc(NC(=O)NCCN2CCCCC2=O)c1. The molecule has 1 aromatic rings. The van der Waals surface area contributed by atoms with Crippen LogP contribution in [0.25, 0.3) is 0 Å². The molecular weight excluding hydrogens is 273 g/mol. The van der Waals surface area contributed by atoms with E-state index in [0.29, 0.717) is 25.2 Å². The molecule has 0 atom stereocenters. The third-order valence-electron chi connectivity index (χ3n) is 3.39. The fraction of sp³-hybridized carbons (Fsp3) is 0.467. The fourth-order valence-electron chi connectivity index (χ4n) is 2.39. The van der Waals surface area contributed by atoms with Crippen LogP contribution in [0, 0.1) is 12.7 Å². The minimum absolute atomic E-state index is 0.143. The largest absolute Gasteiger partial charge is 0.341 e. The molecule has 1 fully saturated rings. The van der Waals surface area contributed by atoms with Crippen molar-refractivity contribution in [2.24, 2.45) is 0 Å². The van der Waals surface area contributed by atoms with Crippen LogP contribution in [0.4, 0.5) is 14.9 Å². The number of hydrogen-bond acceptors (Lipinski definition) is 2. The topological polar surface area (TPSA) is 61.4 Å². The number of benzene rings is 1. The number of hydrogen-bond donors (Lipinski definition) is 2. The Bertz CT molecular complexity index is 513. The summed E-state index contributed by atoms with van der Waals surface area (Å²) in [5.74, 6) is -0.242. The quantitative estimate of drug-likeness (QED) is 0.894. The van der Waals surface area contributed by atoms with Crippen molar-refractivity contribution in [2.45, 2.75) is 26.2 Å². The highest BCUT2D eigenvalue weighted by atomic mass is 19.1. The van der Waals surface area contributed by atoms with Gasteiger partial charge in [0, 0.05) is 31.7 Å². The minimum Gasteiger partial charge on any atom is -0.341 e. The second kappa shape index (κ2) is 7.06. The monoisotopic (exact) mass is 293 g/mol. The van der Waals surface area contributed by atoms with E-state index in [4.69, 9.17) is 0 Å². The van der Waals surface area contributed by atoms with E-state index in [2.05, 4.69) is 10.6 Å². The van der Waals surface area contributed by atoms with Crippen LogP contribution in [0.2, 0.25) is 0 Å². The maximum absolute atomic E-state index is 13.2. The van der Waals surface area contributed by atoms with Crippen LogP contribution in [0.3, 0.4) is 0 Å². The molecular formula is C15H20FN3O2. The molecule has 0 spiro atoms. The summed E-state index contributed by atoms with van der Waals surface area (Å²) in [5, 5.41) is 5.25. The van der Waals surface area contributed by atoms with E-state index >= 15 is 0 Å². The van der Waals surface area contributed by atoms with E-state index in [9.17, 15) is 14.0 Å². The van der Waals surface area contributed by atoms with E-state index in [1.165, 1.54) is 12.1 Å². The number of amides is 3. The summed E-state index contributed by atoms with van der Waals surface area (Å²) >= 11 is 0. The van der Waals surface area contributed by atoms with Crippen molar-refractivity contribution in [2.75, 3.05) is 25.0 Å². The highest BCUT2D eigenvalue weighted by molar-refractivity contribution is 5.89. The van der Waals surface area contributed by atoms with E-state index in [1.54, 1.807) is 17.9 Å². The minimum atomic E-state index is -0.399. The molecule has 0 bridgehead atoms. The van der Waals surface area contributed by atoms with Crippen LogP contribution in [0.1, 0.15) is 24.8 Å². The van der Waals surface area contributed by atoms with E-state index in [0.717, 1.165) is 24.9 Å². The zero-order valence-electron chi connectivity index (χ0n) is 12.1. The number of carbonyl (C=O) groups excluding carboxylic acids is 2. The van der Waals surface area contributed by atoms with Gasteiger partial charge in [-0.15, -0.1) is 0 Å². The number of nitrogens with one attached hydrogen (secondary N) is 2. The number of anilines is 1. The fourth-order valence-corrected chi connectivity index (χ4v) is 2.39. The Kier molecular flexibility index (Phi) is 5.14. The number of aryl methyl sites for hydroxylation is 1. The predicted molar refractivity (Wildman–Crippen MR) is 78.6 cm³/mol. The molecule has 3 amide bonds. The lowest BCUT2D eigenvalue weighted by Crippen LogP contribution is -2.41. The molecule has 1 aliphatic rings. The zero-order valence-corrected chi connectivity index (χ0v) is 12.1. The summed E-state index contributed by atoms with van der Waals surface area (Å²) in [4.78, 5) is 25.1. The summed E-state index contributed by atoms with van der Waals surface area (Å²) in [6, 6.07) is 3.95. The Morgan fingerprint density at radius 1 is 1.33 bits per heavy atom. The van der Waals surface area contributed by atoms with Crippen molar-refractivity contribution in [1.82, 2.24) is 10.2 Å². The van der Waals surface area contributed by atoms with Crippen LogP contribution in [-0.2, 0) is 4.79 Å². The first-order chi connectivity index (χ1) is 10.0. The molecule has 21 heavy (non-hydrogen) atoms. The van der Waals surface area contributed by atoms with Crippen LogP contribution < -0.4 is 10.6 Å². The van der Waals surface area contributed by atoms with Gasteiger partial charge in [-0.2, -0.15) is 0 Å². The molecule has 0 saturated carbocycles. The van der Waals surface area contributed by atoms with Crippen LogP contribution in [-0.4, -0.2) is 36.5 Å². The summed E-state index contributed by atoms with van der Waals surface area (Å²) in [5.41, 5.74) is 1.16. The molecule has 0 aromatic heterocycles. The molecule has 1 saturated heterocycles. The number of likely N-dealkylation sites (tertiary alicyclic amines) is 1. The molecule has 0 aliphatic carbocycles. The van der Waals surface area contributed by atoms with Gasteiger partial charge < -0.3 is 15.5 Å². The van der Waals surface area contributed by atoms with Gasteiger partial charge in [-0.1, -0.05) is 0 Å². The first-order valence-corrected chi connectivity index (χ1v) is 7.14. The lowest BCUT2D eigenvalue weighted by molar-refractivity contribution is -0.133. The number of rotatable bonds is 4. The number of halogens is 1. The number of urea groups is 1. The van der Waals surface area contributed by atoms with Gasteiger partial charge >= 0.3 is 6.03 Å².